The van der Waals surface area contributed by atoms with Gasteiger partial charge in [-0.25, -0.2) is 27.2 Å². The van der Waals surface area contributed by atoms with Crippen LogP contribution in [-0.4, -0.2) is 42.3 Å². The van der Waals surface area contributed by atoms with Gasteiger partial charge < -0.3 is 10.6 Å². The number of benzene rings is 1. The lowest BCUT2D eigenvalue weighted by Crippen LogP contribution is -2.23. The van der Waals surface area contributed by atoms with Crippen LogP contribution in [0.15, 0.2) is 24.5 Å². The zero-order chi connectivity index (χ0) is 22.2. The monoisotopic (exact) mass is 466 g/mol. The number of anilines is 1. The van der Waals surface area contributed by atoms with E-state index in [0.29, 0.717) is 39.4 Å². The summed E-state index contributed by atoms with van der Waals surface area (Å²) in [6.07, 6.45) is 1.98. The normalized spacial score (nSPS) is 17.7. The summed E-state index contributed by atoms with van der Waals surface area (Å²) in [5.41, 5.74) is 0.442. The molecule has 0 unspecified atom stereocenters. The van der Waals surface area contributed by atoms with Crippen LogP contribution in [0.3, 0.4) is 0 Å². The number of sulfone groups is 1. The van der Waals surface area contributed by atoms with Crippen molar-refractivity contribution in [3.8, 4) is 0 Å². The van der Waals surface area contributed by atoms with Gasteiger partial charge in [0.15, 0.2) is 9.84 Å². The number of carbonyl (C=O) groups is 1. The van der Waals surface area contributed by atoms with E-state index in [9.17, 15) is 22.0 Å². The summed E-state index contributed by atoms with van der Waals surface area (Å²) in [6.45, 7) is 1.93. The highest BCUT2D eigenvalue weighted by molar-refractivity contribution is 7.91. The number of aromatic nitrogens is 2. The second-order valence-electron chi connectivity index (χ2n) is 7.49. The summed E-state index contributed by atoms with van der Waals surface area (Å²) in [5, 5.41) is 6.43. The Morgan fingerprint density at radius 1 is 1.26 bits per heavy atom. The SMILES string of the molecule is Cc1c(C(=O)NCc2c(F)cccc2F)sc2ncnc(NC[C@H]3CCS(=O)(=O)C3)c12. The molecule has 1 fully saturated rings. The summed E-state index contributed by atoms with van der Waals surface area (Å²) in [7, 11) is -2.97. The number of hydrogen-bond donors (Lipinski definition) is 2. The molecule has 0 radical (unpaired) electrons. The first kappa shape index (κ1) is 21.6. The predicted octanol–water partition coefficient (Wildman–Crippen LogP) is 3.05. The number of nitrogens with one attached hydrogen (secondary N) is 2. The molecule has 164 valence electrons. The molecule has 1 saturated heterocycles. The van der Waals surface area contributed by atoms with Gasteiger partial charge in [0.05, 0.1) is 21.8 Å². The molecule has 3 aromatic rings. The number of rotatable bonds is 6. The average Bonchev–Trinajstić information content (AvgIpc) is 3.25. The third-order valence-electron chi connectivity index (χ3n) is 5.31. The fraction of sp³-hybridized carbons (Fsp3) is 0.350. The molecule has 3 heterocycles. The molecule has 0 saturated carbocycles. The second kappa shape index (κ2) is 8.46. The van der Waals surface area contributed by atoms with Gasteiger partial charge in [0.2, 0.25) is 0 Å². The summed E-state index contributed by atoms with van der Waals surface area (Å²) >= 11 is 1.16. The number of nitrogens with zero attached hydrogens (tertiary/aromatic N) is 2. The molecule has 2 aromatic heterocycles. The number of halogens is 2. The number of carbonyl (C=O) groups excluding carboxylic acids is 1. The van der Waals surface area contributed by atoms with Crippen molar-refractivity contribution in [2.24, 2.45) is 5.92 Å². The van der Waals surface area contributed by atoms with Gasteiger partial charge in [-0.3, -0.25) is 4.79 Å². The molecule has 0 bridgehead atoms. The summed E-state index contributed by atoms with van der Waals surface area (Å²) in [4.78, 5) is 22.2. The molecule has 2 N–H and O–H groups in total. The number of hydrogen-bond acceptors (Lipinski definition) is 7. The molecule has 31 heavy (non-hydrogen) atoms. The lowest BCUT2D eigenvalue weighted by Gasteiger charge is -2.11. The quantitative estimate of drug-likeness (QED) is 0.579. The molecular weight excluding hydrogens is 446 g/mol. The largest absolute Gasteiger partial charge is 0.369 e. The van der Waals surface area contributed by atoms with E-state index in [2.05, 4.69) is 20.6 Å². The van der Waals surface area contributed by atoms with E-state index in [4.69, 9.17) is 0 Å². The highest BCUT2D eigenvalue weighted by atomic mass is 32.2. The van der Waals surface area contributed by atoms with E-state index in [-0.39, 0.29) is 29.5 Å². The molecule has 0 spiro atoms. The lowest BCUT2D eigenvalue weighted by atomic mass is 10.1. The Bertz CT molecular complexity index is 1240. The van der Waals surface area contributed by atoms with Gasteiger partial charge in [0, 0.05) is 18.7 Å². The van der Waals surface area contributed by atoms with Crippen molar-refractivity contribution >= 4 is 43.1 Å². The topological polar surface area (TPSA) is 101 Å². The zero-order valence-corrected chi connectivity index (χ0v) is 18.2. The van der Waals surface area contributed by atoms with Crippen molar-refractivity contribution < 1.29 is 22.0 Å². The maximum Gasteiger partial charge on any atom is 0.261 e. The smallest absolute Gasteiger partial charge is 0.261 e. The second-order valence-corrected chi connectivity index (χ2v) is 10.7. The van der Waals surface area contributed by atoms with Crippen molar-refractivity contribution in [3.63, 3.8) is 0 Å². The van der Waals surface area contributed by atoms with E-state index in [1.807, 2.05) is 0 Å². The summed E-state index contributed by atoms with van der Waals surface area (Å²) in [5.74, 6) is -1.02. The van der Waals surface area contributed by atoms with Crippen LogP contribution in [0.5, 0.6) is 0 Å². The van der Waals surface area contributed by atoms with Gasteiger partial charge in [-0.05, 0) is 37.0 Å². The van der Waals surface area contributed by atoms with Crippen LogP contribution >= 0.6 is 11.3 Å². The van der Waals surface area contributed by atoms with Crippen molar-refractivity contribution in [3.05, 3.63) is 52.2 Å². The number of fused-ring (bicyclic) bond motifs is 1. The first-order valence-corrected chi connectivity index (χ1v) is 12.3. The maximum absolute atomic E-state index is 13.8. The van der Waals surface area contributed by atoms with Crippen molar-refractivity contribution in [1.29, 1.82) is 0 Å². The molecule has 7 nitrogen and oxygen atoms in total. The Hall–Kier alpha value is -2.66. The van der Waals surface area contributed by atoms with Crippen LogP contribution < -0.4 is 10.6 Å². The Balaban J connectivity index is 1.52. The van der Waals surface area contributed by atoms with Gasteiger partial charge in [0.25, 0.3) is 5.91 Å². The molecule has 0 aliphatic carbocycles. The molecule has 1 aromatic carbocycles. The van der Waals surface area contributed by atoms with Gasteiger partial charge in [-0.15, -0.1) is 11.3 Å². The zero-order valence-electron chi connectivity index (χ0n) is 16.6. The third-order valence-corrected chi connectivity index (χ3v) is 8.34. The number of thiophene rings is 1. The fourth-order valence-electron chi connectivity index (χ4n) is 3.65. The maximum atomic E-state index is 13.8. The minimum Gasteiger partial charge on any atom is -0.369 e. The summed E-state index contributed by atoms with van der Waals surface area (Å²) < 4.78 is 50.9. The third kappa shape index (κ3) is 4.52. The highest BCUT2D eigenvalue weighted by Gasteiger charge is 2.28. The van der Waals surface area contributed by atoms with E-state index in [1.54, 1.807) is 6.92 Å². The van der Waals surface area contributed by atoms with Gasteiger partial charge in [0.1, 0.15) is 28.6 Å². The molecule has 1 atom stereocenters. The van der Waals surface area contributed by atoms with E-state index in [0.717, 1.165) is 23.5 Å². The average molecular weight is 467 g/mol. The Morgan fingerprint density at radius 3 is 2.68 bits per heavy atom. The molecule has 11 heteroatoms. The molecule has 1 aliphatic heterocycles. The molecular formula is C20H20F2N4O3S2. The number of aryl methyl sites for hydroxylation is 1. The fourth-order valence-corrected chi connectivity index (χ4v) is 6.57. The van der Waals surface area contributed by atoms with Crippen LogP contribution in [0, 0.1) is 24.5 Å². The molecule has 4 rings (SSSR count). The van der Waals surface area contributed by atoms with Crippen LogP contribution in [-0.2, 0) is 16.4 Å². The minimum atomic E-state index is -2.97. The Kier molecular flexibility index (Phi) is 5.89. The molecule has 1 aliphatic rings. The van der Waals surface area contributed by atoms with Crippen LogP contribution in [0.25, 0.3) is 10.2 Å². The first-order valence-electron chi connectivity index (χ1n) is 9.64. The van der Waals surface area contributed by atoms with Gasteiger partial charge in [-0.2, -0.15) is 0 Å². The van der Waals surface area contributed by atoms with Gasteiger partial charge >= 0.3 is 0 Å². The van der Waals surface area contributed by atoms with Crippen molar-refractivity contribution in [2.75, 3.05) is 23.4 Å². The van der Waals surface area contributed by atoms with Crippen LogP contribution in [0.2, 0.25) is 0 Å². The Labute approximate surface area is 181 Å². The standard InChI is InChI=1S/C20H20F2N4O3S2/c1-11-16-18(23-7-12-5-6-31(28,29)9-12)25-10-26-20(16)30-17(11)19(27)24-8-13-14(21)3-2-4-15(13)22/h2-4,10,12H,5-9H2,1H3,(H,24,27)(H,23,25,26)/t12-/m1/s1. The lowest BCUT2D eigenvalue weighted by molar-refractivity contribution is 0.0954. The van der Waals surface area contributed by atoms with E-state index >= 15 is 0 Å². The number of amides is 1. The van der Waals surface area contributed by atoms with E-state index < -0.39 is 27.4 Å². The summed E-state index contributed by atoms with van der Waals surface area (Å²) in [6, 6.07) is 3.54. The Morgan fingerprint density at radius 2 is 2.00 bits per heavy atom. The van der Waals surface area contributed by atoms with Crippen molar-refractivity contribution in [2.45, 2.75) is 19.9 Å². The van der Waals surface area contributed by atoms with Crippen LogP contribution in [0.4, 0.5) is 14.6 Å². The van der Waals surface area contributed by atoms with E-state index in [1.165, 1.54) is 12.4 Å². The predicted molar refractivity (Wildman–Crippen MR) is 115 cm³/mol. The van der Waals surface area contributed by atoms with Gasteiger partial charge in [-0.1, -0.05) is 6.07 Å². The minimum absolute atomic E-state index is 0.00684. The van der Waals surface area contributed by atoms with Crippen LogP contribution in [0.1, 0.15) is 27.2 Å². The highest BCUT2D eigenvalue weighted by Crippen LogP contribution is 2.33. The first-order chi connectivity index (χ1) is 14.7. The molecule has 1 amide bonds. The van der Waals surface area contributed by atoms with Crippen molar-refractivity contribution in [1.82, 2.24) is 15.3 Å².